The number of hydrogen-bond acceptors (Lipinski definition) is 7. The molecule has 0 fully saturated rings. The van der Waals surface area contributed by atoms with Crippen LogP contribution >= 0.6 is 23.1 Å². The van der Waals surface area contributed by atoms with Crippen molar-refractivity contribution < 1.29 is 9.59 Å². The highest BCUT2D eigenvalue weighted by Gasteiger charge is 2.48. The van der Waals surface area contributed by atoms with Crippen molar-refractivity contribution in [1.82, 2.24) is 10.2 Å². The van der Waals surface area contributed by atoms with Crippen LogP contribution in [0.2, 0.25) is 0 Å². The van der Waals surface area contributed by atoms with Crippen molar-refractivity contribution in [2.75, 3.05) is 43.1 Å². The molecule has 5 rings (SSSR count). The van der Waals surface area contributed by atoms with Crippen LogP contribution in [0.3, 0.4) is 0 Å². The number of carbonyl (C=O) groups excluding carboxylic acids is 2. The molecule has 0 saturated carbocycles. The van der Waals surface area contributed by atoms with E-state index in [1.165, 1.54) is 11.8 Å². The Hall–Kier alpha value is -3.63. The number of rotatable bonds is 5. The summed E-state index contributed by atoms with van der Waals surface area (Å²) in [5.74, 6) is -0.520. The van der Waals surface area contributed by atoms with Gasteiger partial charge >= 0.3 is 6.03 Å². The highest BCUT2D eigenvalue weighted by molar-refractivity contribution is 8.05. The summed E-state index contributed by atoms with van der Waals surface area (Å²) in [5.41, 5.74) is 17.2. The summed E-state index contributed by atoms with van der Waals surface area (Å²) in [4.78, 5) is 30.4. The van der Waals surface area contributed by atoms with Crippen LogP contribution in [0.15, 0.2) is 70.6 Å². The number of nitrogens with zero attached hydrogens (tertiary/aromatic N) is 2. The van der Waals surface area contributed by atoms with Crippen molar-refractivity contribution in [2.24, 2.45) is 5.73 Å². The van der Waals surface area contributed by atoms with Gasteiger partial charge in [0.2, 0.25) is 0 Å². The smallest absolute Gasteiger partial charge is 0.322 e. The molecular weight excluding hydrogens is 492 g/mol. The Labute approximate surface area is 218 Å². The minimum Gasteiger partial charge on any atom is -0.398 e. The molecule has 8 nitrogen and oxygen atoms in total. The molecule has 186 valence electrons. The number of primary amides is 1. The molecule has 0 aliphatic carbocycles. The van der Waals surface area contributed by atoms with Crippen LogP contribution in [0.5, 0.6) is 0 Å². The van der Waals surface area contributed by atoms with E-state index in [4.69, 9.17) is 11.5 Å². The van der Waals surface area contributed by atoms with Crippen molar-refractivity contribution in [1.29, 1.82) is 0 Å². The predicted molar refractivity (Wildman–Crippen MR) is 149 cm³/mol. The molecule has 1 unspecified atom stereocenters. The van der Waals surface area contributed by atoms with Crippen molar-refractivity contribution in [2.45, 2.75) is 11.3 Å². The van der Waals surface area contributed by atoms with Crippen LogP contribution < -0.4 is 27.0 Å². The summed E-state index contributed by atoms with van der Waals surface area (Å²) in [7, 11) is 3.94. The van der Waals surface area contributed by atoms with Gasteiger partial charge in [0.15, 0.2) is 4.87 Å². The average Bonchev–Trinajstić information content (AvgIpc) is 3.53. The lowest BCUT2D eigenvalue weighted by Crippen LogP contribution is -2.47. The molecule has 0 saturated heterocycles. The van der Waals surface area contributed by atoms with Gasteiger partial charge in [-0.15, -0.1) is 11.3 Å². The Bertz CT molecular complexity index is 1340. The van der Waals surface area contributed by atoms with Gasteiger partial charge in [-0.25, -0.2) is 4.79 Å². The van der Waals surface area contributed by atoms with E-state index in [1.807, 2.05) is 79.0 Å². The molecule has 6 N–H and O–H groups in total. The quantitative estimate of drug-likeness (QED) is 0.375. The zero-order valence-corrected chi connectivity index (χ0v) is 21.7. The first-order valence-electron chi connectivity index (χ1n) is 11.5. The lowest BCUT2D eigenvalue weighted by atomic mass is 9.99. The summed E-state index contributed by atoms with van der Waals surface area (Å²) in [6.45, 7) is 0.904. The fraction of sp³-hybridized carbons (Fsp3) is 0.231. The van der Waals surface area contributed by atoms with Gasteiger partial charge in [-0.2, -0.15) is 0 Å². The zero-order chi connectivity index (χ0) is 25.4. The van der Waals surface area contributed by atoms with Crippen molar-refractivity contribution >= 4 is 52.1 Å². The monoisotopic (exact) mass is 520 g/mol. The van der Waals surface area contributed by atoms with E-state index in [-0.39, 0.29) is 6.03 Å². The maximum Gasteiger partial charge on any atom is 0.322 e. The Balaban J connectivity index is 1.35. The molecular formula is C26H28N6O2S2. The van der Waals surface area contributed by atoms with Gasteiger partial charge in [0.05, 0.1) is 6.54 Å². The van der Waals surface area contributed by atoms with Gasteiger partial charge in [-0.3, -0.25) is 4.79 Å². The van der Waals surface area contributed by atoms with Gasteiger partial charge in [-0.1, -0.05) is 23.9 Å². The first-order chi connectivity index (χ1) is 17.3. The molecule has 3 aromatic rings. The highest BCUT2D eigenvalue weighted by atomic mass is 32.2. The number of urea groups is 1. The highest BCUT2D eigenvalue weighted by Crippen LogP contribution is 2.50. The molecule has 0 bridgehead atoms. The van der Waals surface area contributed by atoms with Gasteiger partial charge in [0, 0.05) is 65.2 Å². The van der Waals surface area contributed by atoms with E-state index in [2.05, 4.69) is 10.6 Å². The van der Waals surface area contributed by atoms with Crippen LogP contribution in [0.25, 0.3) is 10.4 Å². The number of benzene rings is 2. The van der Waals surface area contributed by atoms with E-state index < -0.39 is 10.8 Å². The van der Waals surface area contributed by atoms with E-state index >= 15 is 0 Å². The fourth-order valence-corrected chi connectivity index (χ4v) is 6.58. The molecule has 0 radical (unpaired) electrons. The van der Waals surface area contributed by atoms with Crippen molar-refractivity contribution in [3.63, 3.8) is 0 Å². The van der Waals surface area contributed by atoms with Gasteiger partial charge in [0.1, 0.15) is 0 Å². The minimum absolute atomic E-state index is 0.185. The Kier molecular flexibility index (Phi) is 6.31. The van der Waals surface area contributed by atoms with E-state index in [0.29, 0.717) is 30.8 Å². The number of amides is 3. The standard InChI is InChI=1S/C26H28N6O2S2/c1-31(2)18-8-6-17(7-9-18)29-25(34)32-12-11-21-23(15-32)36-26(30-21,24(28)33)19-14-16(5-10-20(19)27)22-4-3-13-35-22/h3-10,13-14,30H,11-12,15,27H2,1-2H3,(H2,28,33)(H,29,34). The van der Waals surface area contributed by atoms with Crippen LogP contribution in [-0.2, 0) is 9.67 Å². The molecule has 1 aromatic heterocycles. The lowest BCUT2D eigenvalue weighted by molar-refractivity contribution is -0.121. The van der Waals surface area contributed by atoms with Crippen LogP contribution in [0.1, 0.15) is 12.0 Å². The lowest BCUT2D eigenvalue weighted by Gasteiger charge is -2.29. The van der Waals surface area contributed by atoms with Crippen LogP contribution in [0.4, 0.5) is 21.9 Å². The number of carbonyl (C=O) groups is 2. The molecule has 36 heavy (non-hydrogen) atoms. The number of nitrogens with two attached hydrogens (primary N) is 2. The molecule has 1 atom stereocenters. The zero-order valence-electron chi connectivity index (χ0n) is 20.1. The molecule has 2 aliphatic heterocycles. The van der Waals surface area contributed by atoms with Crippen molar-refractivity contribution in [3.05, 3.63) is 76.1 Å². The SMILES string of the molecule is CN(C)c1ccc(NC(=O)N2CCC3=C(C2)SC(C(N)=O)(c2cc(-c4cccs4)ccc2N)N3)cc1. The largest absolute Gasteiger partial charge is 0.398 e. The average molecular weight is 521 g/mol. The van der Waals surface area contributed by atoms with E-state index in [1.54, 1.807) is 16.2 Å². The molecule has 0 spiro atoms. The topological polar surface area (TPSA) is 117 Å². The fourth-order valence-electron chi connectivity index (χ4n) is 4.43. The normalized spacial score (nSPS) is 19.0. The first kappa shape index (κ1) is 24.1. The third kappa shape index (κ3) is 4.38. The maximum absolute atomic E-state index is 13.0. The summed E-state index contributed by atoms with van der Waals surface area (Å²) in [5, 5.41) is 8.37. The van der Waals surface area contributed by atoms with E-state index in [0.717, 1.165) is 32.4 Å². The van der Waals surface area contributed by atoms with Crippen LogP contribution in [0, 0.1) is 0 Å². The Morgan fingerprint density at radius 3 is 2.58 bits per heavy atom. The minimum atomic E-state index is -1.23. The maximum atomic E-state index is 13.0. The molecule has 3 amide bonds. The molecule has 10 heteroatoms. The first-order valence-corrected chi connectivity index (χ1v) is 13.2. The molecule has 2 aromatic carbocycles. The summed E-state index contributed by atoms with van der Waals surface area (Å²) < 4.78 is 0. The van der Waals surface area contributed by atoms with Crippen molar-refractivity contribution in [3.8, 4) is 10.4 Å². The van der Waals surface area contributed by atoms with Crippen LogP contribution in [-0.4, -0.2) is 44.0 Å². The summed E-state index contributed by atoms with van der Waals surface area (Å²) >= 11 is 2.96. The van der Waals surface area contributed by atoms with Gasteiger partial charge < -0.3 is 31.9 Å². The number of thiophene rings is 1. The second-order valence-corrected chi connectivity index (χ2v) is 11.3. The van der Waals surface area contributed by atoms with Gasteiger partial charge in [-0.05, 0) is 53.4 Å². The third-order valence-corrected chi connectivity index (χ3v) is 8.78. The Morgan fingerprint density at radius 2 is 1.92 bits per heavy atom. The second-order valence-electron chi connectivity index (χ2n) is 9.00. The van der Waals surface area contributed by atoms with E-state index in [9.17, 15) is 9.59 Å². The number of anilines is 3. The second kappa shape index (κ2) is 9.44. The summed E-state index contributed by atoms with van der Waals surface area (Å²) in [6, 6.07) is 17.2. The molecule has 3 heterocycles. The predicted octanol–water partition coefficient (Wildman–Crippen LogP) is 4.19. The molecule has 2 aliphatic rings. The number of thioether (sulfide) groups is 1. The van der Waals surface area contributed by atoms with Gasteiger partial charge in [0.25, 0.3) is 5.91 Å². The number of hydrogen-bond donors (Lipinski definition) is 4. The number of nitrogen functional groups attached to an aromatic ring is 1. The third-order valence-electron chi connectivity index (χ3n) is 6.41. The summed E-state index contributed by atoms with van der Waals surface area (Å²) in [6.07, 6.45) is 0.592. The number of nitrogens with one attached hydrogen (secondary N) is 2. The Morgan fingerprint density at radius 1 is 1.14 bits per heavy atom.